The van der Waals surface area contributed by atoms with E-state index < -0.39 is 5.97 Å². The second-order valence-corrected chi connectivity index (χ2v) is 6.63. The number of hydrogen-bond acceptors (Lipinski definition) is 2. The zero-order chi connectivity index (χ0) is 15.1. The zero-order valence-corrected chi connectivity index (χ0v) is 12.8. The number of nitrogens with one attached hydrogen (secondary N) is 2. The van der Waals surface area contributed by atoms with Crippen LogP contribution in [0.3, 0.4) is 0 Å². The van der Waals surface area contributed by atoms with Gasteiger partial charge in [0.15, 0.2) is 0 Å². The van der Waals surface area contributed by atoms with Crippen LogP contribution >= 0.6 is 0 Å². The highest BCUT2D eigenvalue weighted by atomic mass is 16.4. The Morgan fingerprint density at radius 1 is 1.00 bits per heavy atom. The van der Waals surface area contributed by atoms with Gasteiger partial charge in [-0.3, -0.25) is 4.79 Å². The van der Waals surface area contributed by atoms with Crippen molar-refractivity contribution in [2.45, 2.75) is 57.8 Å². The largest absolute Gasteiger partial charge is 0.481 e. The molecule has 0 radical (unpaired) electrons. The molecule has 0 heterocycles. The van der Waals surface area contributed by atoms with Crippen molar-refractivity contribution in [3.63, 3.8) is 0 Å². The van der Waals surface area contributed by atoms with Crippen LogP contribution in [0.5, 0.6) is 0 Å². The van der Waals surface area contributed by atoms with Crippen molar-refractivity contribution in [3.05, 3.63) is 0 Å². The summed E-state index contributed by atoms with van der Waals surface area (Å²) in [4.78, 5) is 22.0. The predicted octanol–water partition coefficient (Wildman–Crippen LogP) is 2.76. The van der Waals surface area contributed by atoms with Gasteiger partial charge in [0.1, 0.15) is 0 Å². The number of carboxylic acid groups (broad SMARTS) is 1. The molecule has 2 rings (SSSR count). The van der Waals surface area contributed by atoms with Gasteiger partial charge in [-0.15, -0.1) is 0 Å². The molecule has 2 aliphatic rings. The minimum absolute atomic E-state index is 0.0525. The number of unbranched alkanes of at least 4 members (excludes halogenated alkanes) is 3. The van der Waals surface area contributed by atoms with Crippen LogP contribution in [0.1, 0.15) is 57.8 Å². The van der Waals surface area contributed by atoms with Crippen LogP contribution in [0.4, 0.5) is 4.79 Å². The number of amides is 2. The van der Waals surface area contributed by atoms with Gasteiger partial charge in [-0.2, -0.15) is 0 Å². The number of carbonyl (C=O) groups is 2. The molecule has 3 atom stereocenters. The fourth-order valence-electron chi connectivity index (χ4n) is 3.87. The molecule has 3 N–H and O–H groups in total. The summed E-state index contributed by atoms with van der Waals surface area (Å²) in [5.74, 6) is 1.75. The lowest BCUT2D eigenvalue weighted by Crippen LogP contribution is -2.39. The molecule has 0 aromatic rings. The van der Waals surface area contributed by atoms with E-state index in [1.54, 1.807) is 0 Å². The van der Waals surface area contributed by atoms with Crippen molar-refractivity contribution >= 4 is 12.0 Å². The molecule has 3 unspecified atom stereocenters. The first-order valence-electron chi connectivity index (χ1n) is 8.38. The molecule has 2 bridgehead atoms. The fraction of sp³-hybridized carbons (Fsp3) is 0.875. The van der Waals surface area contributed by atoms with E-state index in [0.717, 1.165) is 44.1 Å². The van der Waals surface area contributed by atoms with Gasteiger partial charge < -0.3 is 15.7 Å². The third-order valence-corrected chi connectivity index (χ3v) is 5.01. The lowest BCUT2D eigenvalue weighted by molar-refractivity contribution is -0.137. The van der Waals surface area contributed by atoms with Crippen molar-refractivity contribution in [2.75, 3.05) is 13.1 Å². The summed E-state index contributed by atoms with van der Waals surface area (Å²) in [5.41, 5.74) is 0. The Morgan fingerprint density at radius 3 is 2.48 bits per heavy atom. The molecule has 5 nitrogen and oxygen atoms in total. The second kappa shape index (κ2) is 8.25. The van der Waals surface area contributed by atoms with Crippen LogP contribution in [0.15, 0.2) is 0 Å². The maximum Gasteiger partial charge on any atom is 0.314 e. The predicted molar refractivity (Wildman–Crippen MR) is 81.1 cm³/mol. The maximum absolute atomic E-state index is 11.7. The molecule has 120 valence electrons. The highest BCUT2D eigenvalue weighted by molar-refractivity contribution is 5.73. The summed E-state index contributed by atoms with van der Waals surface area (Å²) < 4.78 is 0. The molecular formula is C16H28N2O3. The Kier molecular flexibility index (Phi) is 6.33. The molecule has 2 saturated carbocycles. The molecule has 0 saturated heterocycles. The maximum atomic E-state index is 11.7. The van der Waals surface area contributed by atoms with Crippen molar-refractivity contribution in [2.24, 2.45) is 17.8 Å². The number of carbonyl (C=O) groups excluding carboxylic acids is 1. The highest BCUT2D eigenvalue weighted by Crippen LogP contribution is 2.47. The molecule has 0 aliphatic heterocycles. The second-order valence-electron chi connectivity index (χ2n) is 6.63. The summed E-state index contributed by atoms with van der Waals surface area (Å²) in [7, 11) is 0. The number of aliphatic carboxylic acids is 1. The lowest BCUT2D eigenvalue weighted by Gasteiger charge is -2.21. The van der Waals surface area contributed by atoms with E-state index in [-0.39, 0.29) is 12.5 Å². The standard InChI is InChI=1S/C16H28N2O3/c19-15(20)5-3-1-2-4-8-17-16(21)18-11-14-10-12-6-7-13(14)9-12/h12-14H,1-11H2,(H,19,20)(H2,17,18,21). The molecule has 0 aromatic carbocycles. The summed E-state index contributed by atoms with van der Waals surface area (Å²) in [5, 5.41) is 14.4. The Balaban J connectivity index is 1.42. The van der Waals surface area contributed by atoms with Crippen LogP contribution in [0, 0.1) is 17.8 Å². The van der Waals surface area contributed by atoms with E-state index in [4.69, 9.17) is 5.11 Å². The van der Waals surface area contributed by atoms with E-state index in [1.807, 2.05) is 0 Å². The Morgan fingerprint density at radius 2 is 1.81 bits per heavy atom. The molecular weight excluding hydrogens is 268 g/mol. The van der Waals surface area contributed by atoms with Gasteiger partial charge in [0.05, 0.1) is 0 Å². The summed E-state index contributed by atoms with van der Waals surface area (Å²) in [6.45, 7) is 1.50. The zero-order valence-electron chi connectivity index (χ0n) is 12.8. The summed E-state index contributed by atoms with van der Waals surface area (Å²) >= 11 is 0. The number of urea groups is 1. The van der Waals surface area contributed by atoms with Crippen LogP contribution in [0.25, 0.3) is 0 Å². The third kappa shape index (κ3) is 5.56. The van der Waals surface area contributed by atoms with Crippen molar-refractivity contribution in [1.29, 1.82) is 0 Å². The van der Waals surface area contributed by atoms with Crippen LogP contribution in [-0.2, 0) is 4.79 Å². The first-order chi connectivity index (χ1) is 10.1. The Labute approximate surface area is 126 Å². The van der Waals surface area contributed by atoms with Gasteiger partial charge in [-0.05, 0) is 49.9 Å². The number of rotatable bonds is 9. The smallest absolute Gasteiger partial charge is 0.314 e. The first-order valence-corrected chi connectivity index (χ1v) is 8.38. The molecule has 5 heteroatoms. The average molecular weight is 296 g/mol. The topological polar surface area (TPSA) is 78.4 Å². The quantitative estimate of drug-likeness (QED) is 0.572. The van der Waals surface area contributed by atoms with E-state index >= 15 is 0 Å². The van der Waals surface area contributed by atoms with Crippen LogP contribution in [0.2, 0.25) is 0 Å². The Hall–Kier alpha value is -1.26. The average Bonchev–Trinajstić information content (AvgIpc) is 3.06. The highest BCUT2D eigenvalue weighted by Gasteiger charge is 2.39. The van der Waals surface area contributed by atoms with E-state index in [9.17, 15) is 9.59 Å². The number of fused-ring (bicyclic) bond motifs is 2. The van der Waals surface area contributed by atoms with E-state index in [2.05, 4.69) is 10.6 Å². The summed E-state index contributed by atoms with van der Waals surface area (Å²) in [6.07, 6.45) is 9.22. The van der Waals surface area contributed by atoms with Crippen molar-refractivity contribution < 1.29 is 14.7 Å². The van der Waals surface area contributed by atoms with Crippen LogP contribution < -0.4 is 10.6 Å². The first kappa shape index (κ1) is 16.1. The van der Waals surface area contributed by atoms with Gasteiger partial charge in [-0.25, -0.2) is 4.79 Å². The van der Waals surface area contributed by atoms with Gasteiger partial charge in [0.25, 0.3) is 0 Å². The van der Waals surface area contributed by atoms with E-state index in [0.29, 0.717) is 12.5 Å². The molecule has 2 aliphatic carbocycles. The SMILES string of the molecule is O=C(O)CCCCCCNC(=O)NCC1CC2CCC1C2. The molecule has 2 amide bonds. The third-order valence-electron chi connectivity index (χ3n) is 5.01. The minimum atomic E-state index is -0.729. The molecule has 0 aromatic heterocycles. The number of hydrogen-bond donors (Lipinski definition) is 3. The fourth-order valence-corrected chi connectivity index (χ4v) is 3.87. The summed E-state index contributed by atoms with van der Waals surface area (Å²) in [6, 6.07) is -0.0525. The van der Waals surface area contributed by atoms with E-state index in [1.165, 1.54) is 25.7 Å². The van der Waals surface area contributed by atoms with Gasteiger partial charge in [0, 0.05) is 19.5 Å². The number of carboxylic acids is 1. The minimum Gasteiger partial charge on any atom is -0.481 e. The molecule has 21 heavy (non-hydrogen) atoms. The lowest BCUT2D eigenvalue weighted by atomic mass is 9.89. The van der Waals surface area contributed by atoms with Crippen molar-refractivity contribution in [3.8, 4) is 0 Å². The van der Waals surface area contributed by atoms with Crippen molar-refractivity contribution in [1.82, 2.24) is 10.6 Å². The normalized spacial score (nSPS) is 26.8. The van der Waals surface area contributed by atoms with Gasteiger partial charge in [-0.1, -0.05) is 19.3 Å². The Bertz CT molecular complexity index is 359. The van der Waals surface area contributed by atoms with Gasteiger partial charge >= 0.3 is 12.0 Å². The molecule has 2 fully saturated rings. The monoisotopic (exact) mass is 296 g/mol. The molecule has 0 spiro atoms. The van der Waals surface area contributed by atoms with Crippen LogP contribution in [-0.4, -0.2) is 30.2 Å². The van der Waals surface area contributed by atoms with Gasteiger partial charge in [0.2, 0.25) is 0 Å².